The first-order valence-electron chi connectivity index (χ1n) is 5.13. The zero-order valence-electron chi connectivity index (χ0n) is 9.18. The molecule has 0 saturated heterocycles. The van der Waals surface area contributed by atoms with Crippen LogP contribution in [0.5, 0.6) is 0 Å². The first-order chi connectivity index (χ1) is 8.08. The lowest BCUT2D eigenvalue weighted by atomic mass is 10.0. The third-order valence-electron chi connectivity index (χ3n) is 2.52. The van der Waals surface area contributed by atoms with Gasteiger partial charge >= 0.3 is 0 Å². The fourth-order valence-electron chi connectivity index (χ4n) is 1.52. The average molecular weight is 227 g/mol. The zero-order valence-corrected chi connectivity index (χ0v) is 9.18. The molecule has 0 aliphatic heterocycles. The van der Waals surface area contributed by atoms with Gasteiger partial charge in [-0.3, -0.25) is 4.79 Å². The third-order valence-corrected chi connectivity index (χ3v) is 2.52. The number of carbonyl (C=O) groups is 1. The van der Waals surface area contributed by atoms with E-state index in [0.717, 1.165) is 0 Å². The third kappa shape index (κ3) is 2.20. The van der Waals surface area contributed by atoms with Crippen molar-refractivity contribution in [1.29, 1.82) is 0 Å². The van der Waals surface area contributed by atoms with Crippen molar-refractivity contribution in [1.82, 2.24) is 0 Å². The number of carbonyl (C=O) groups excluding carboxylic acids is 1. The minimum Gasteiger partial charge on any atom is -0.399 e. The van der Waals surface area contributed by atoms with Gasteiger partial charge in [-0.05, 0) is 42.5 Å². The Labute approximate surface area is 99.0 Å². The Hall–Kier alpha value is -2.49. The van der Waals surface area contributed by atoms with Crippen LogP contribution in [0.15, 0.2) is 42.5 Å². The summed E-state index contributed by atoms with van der Waals surface area (Å²) in [4.78, 5) is 12.1. The Balaban J connectivity index is 2.37. The van der Waals surface area contributed by atoms with Crippen LogP contribution in [0.2, 0.25) is 0 Å². The van der Waals surface area contributed by atoms with Gasteiger partial charge in [-0.1, -0.05) is 0 Å². The van der Waals surface area contributed by atoms with E-state index in [1.54, 1.807) is 42.5 Å². The maximum absolute atomic E-state index is 12.1. The number of hydrogen-bond acceptors (Lipinski definition) is 4. The molecule has 4 heteroatoms. The van der Waals surface area contributed by atoms with Crippen molar-refractivity contribution in [3.05, 3.63) is 53.6 Å². The molecule has 6 N–H and O–H groups in total. The number of benzene rings is 2. The summed E-state index contributed by atoms with van der Waals surface area (Å²) in [5.74, 6) is -0.100. The van der Waals surface area contributed by atoms with Crippen LogP contribution in [0.25, 0.3) is 0 Å². The van der Waals surface area contributed by atoms with Crippen LogP contribution in [0, 0.1) is 0 Å². The van der Waals surface area contributed by atoms with Gasteiger partial charge < -0.3 is 17.2 Å². The molecule has 2 aromatic rings. The van der Waals surface area contributed by atoms with Gasteiger partial charge in [-0.2, -0.15) is 0 Å². The first kappa shape index (κ1) is 11.0. The molecular weight excluding hydrogens is 214 g/mol. The van der Waals surface area contributed by atoms with E-state index in [0.29, 0.717) is 28.2 Å². The highest BCUT2D eigenvalue weighted by atomic mass is 16.1. The van der Waals surface area contributed by atoms with E-state index < -0.39 is 0 Å². The van der Waals surface area contributed by atoms with Crippen molar-refractivity contribution in [3.63, 3.8) is 0 Å². The minimum absolute atomic E-state index is 0.100. The lowest BCUT2D eigenvalue weighted by Crippen LogP contribution is -2.03. The second-order valence-corrected chi connectivity index (χ2v) is 3.79. The number of ketones is 1. The van der Waals surface area contributed by atoms with E-state index in [-0.39, 0.29) is 5.78 Å². The molecule has 0 aromatic heterocycles. The van der Waals surface area contributed by atoms with Gasteiger partial charge in [0, 0.05) is 16.8 Å². The van der Waals surface area contributed by atoms with Crippen molar-refractivity contribution in [2.24, 2.45) is 0 Å². The Bertz CT molecular complexity index is 561. The van der Waals surface area contributed by atoms with E-state index in [2.05, 4.69) is 0 Å². The maximum atomic E-state index is 12.1. The molecule has 2 rings (SSSR count). The zero-order chi connectivity index (χ0) is 12.4. The molecule has 4 nitrogen and oxygen atoms in total. The molecule has 2 aromatic carbocycles. The molecule has 0 unspecified atom stereocenters. The van der Waals surface area contributed by atoms with Gasteiger partial charge in [0.1, 0.15) is 0 Å². The fourth-order valence-corrected chi connectivity index (χ4v) is 1.52. The summed E-state index contributed by atoms with van der Waals surface area (Å²) in [6, 6.07) is 11.6. The Kier molecular flexibility index (Phi) is 2.70. The highest BCUT2D eigenvalue weighted by Crippen LogP contribution is 2.19. The van der Waals surface area contributed by atoms with E-state index in [1.165, 1.54) is 0 Å². The van der Waals surface area contributed by atoms with Crippen molar-refractivity contribution in [2.75, 3.05) is 17.2 Å². The van der Waals surface area contributed by atoms with Gasteiger partial charge in [0.15, 0.2) is 5.78 Å². The van der Waals surface area contributed by atoms with E-state index in [1.807, 2.05) is 0 Å². The predicted molar refractivity (Wildman–Crippen MR) is 69.6 cm³/mol. The van der Waals surface area contributed by atoms with Crippen LogP contribution in [-0.2, 0) is 0 Å². The number of nitrogen functional groups attached to an aromatic ring is 3. The van der Waals surface area contributed by atoms with Crippen LogP contribution in [0.3, 0.4) is 0 Å². The lowest BCUT2D eigenvalue weighted by molar-refractivity contribution is 0.103. The predicted octanol–water partition coefficient (Wildman–Crippen LogP) is 1.66. The van der Waals surface area contributed by atoms with E-state index >= 15 is 0 Å². The fraction of sp³-hybridized carbons (Fsp3) is 0. The van der Waals surface area contributed by atoms with Gasteiger partial charge in [0.05, 0.1) is 11.4 Å². The molecule has 0 atom stereocenters. The minimum atomic E-state index is -0.100. The van der Waals surface area contributed by atoms with Crippen molar-refractivity contribution in [2.45, 2.75) is 0 Å². The Morgan fingerprint density at radius 2 is 1.35 bits per heavy atom. The monoisotopic (exact) mass is 227 g/mol. The topological polar surface area (TPSA) is 95.1 Å². The summed E-state index contributed by atoms with van der Waals surface area (Å²) in [7, 11) is 0. The van der Waals surface area contributed by atoms with Crippen LogP contribution in [0.1, 0.15) is 15.9 Å². The Morgan fingerprint density at radius 1 is 0.765 bits per heavy atom. The SMILES string of the molecule is Nc1ccc(C(=O)c2ccc(N)c(N)c2)cc1. The Morgan fingerprint density at radius 3 is 1.94 bits per heavy atom. The van der Waals surface area contributed by atoms with Gasteiger partial charge in [0.25, 0.3) is 0 Å². The molecule has 0 saturated carbocycles. The molecule has 0 aliphatic carbocycles. The quantitative estimate of drug-likeness (QED) is 0.537. The van der Waals surface area contributed by atoms with Gasteiger partial charge in [0.2, 0.25) is 0 Å². The second kappa shape index (κ2) is 4.17. The second-order valence-electron chi connectivity index (χ2n) is 3.79. The molecule has 0 radical (unpaired) electrons. The average Bonchev–Trinajstić information content (AvgIpc) is 2.33. The van der Waals surface area contributed by atoms with Crippen LogP contribution in [0.4, 0.5) is 17.1 Å². The molecule has 0 spiro atoms. The molecular formula is C13H13N3O. The van der Waals surface area contributed by atoms with E-state index in [4.69, 9.17) is 17.2 Å². The molecule has 0 heterocycles. The first-order valence-corrected chi connectivity index (χ1v) is 5.13. The van der Waals surface area contributed by atoms with Crippen LogP contribution in [-0.4, -0.2) is 5.78 Å². The van der Waals surface area contributed by atoms with Crippen molar-refractivity contribution >= 4 is 22.8 Å². The van der Waals surface area contributed by atoms with Crippen molar-refractivity contribution < 1.29 is 4.79 Å². The number of nitrogens with two attached hydrogens (primary N) is 3. The number of anilines is 3. The van der Waals surface area contributed by atoms with Crippen molar-refractivity contribution in [3.8, 4) is 0 Å². The molecule has 0 fully saturated rings. The summed E-state index contributed by atoms with van der Waals surface area (Å²) in [5, 5.41) is 0. The van der Waals surface area contributed by atoms with Crippen LogP contribution < -0.4 is 17.2 Å². The maximum Gasteiger partial charge on any atom is 0.193 e. The van der Waals surface area contributed by atoms with Gasteiger partial charge in [-0.25, -0.2) is 0 Å². The standard InChI is InChI=1S/C13H13N3O/c14-10-4-1-8(2-5-10)13(17)9-3-6-11(15)12(16)7-9/h1-7H,14-16H2. The van der Waals surface area contributed by atoms with E-state index in [9.17, 15) is 4.79 Å². The lowest BCUT2D eigenvalue weighted by Gasteiger charge is -2.04. The summed E-state index contributed by atoms with van der Waals surface area (Å²) < 4.78 is 0. The molecule has 17 heavy (non-hydrogen) atoms. The highest BCUT2D eigenvalue weighted by molar-refractivity contribution is 6.09. The summed E-state index contributed by atoms with van der Waals surface area (Å²) in [6.45, 7) is 0. The summed E-state index contributed by atoms with van der Waals surface area (Å²) >= 11 is 0. The van der Waals surface area contributed by atoms with Gasteiger partial charge in [-0.15, -0.1) is 0 Å². The molecule has 0 amide bonds. The summed E-state index contributed by atoms with van der Waals surface area (Å²) in [5.41, 5.74) is 19.4. The molecule has 86 valence electrons. The number of hydrogen-bond donors (Lipinski definition) is 3. The summed E-state index contributed by atoms with van der Waals surface area (Å²) in [6.07, 6.45) is 0. The molecule has 0 aliphatic rings. The highest BCUT2D eigenvalue weighted by Gasteiger charge is 2.09. The largest absolute Gasteiger partial charge is 0.399 e. The smallest absolute Gasteiger partial charge is 0.193 e. The molecule has 0 bridgehead atoms. The normalized spacial score (nSPS) is 10.1. The van der Waals surface area contributed by atoms with Crippen LogP contribution >= 0.6 is 0 Å². The number of rotatable bonds is 2.